The van der Waals surface area contributed by atoms with Crippen LogP contribution in [0.5, 0.6) is 0 Å². The summed E-state index contributed by atoms with van der Waals surface area (Å²) >= 11 is 6.08. The summed E-state index contributed by atoms with van der Waals surface area (Å²) in [5.74, 6) is -1.62. The van der Waals surface area contributed by atoms with Crippen LogP contribution in [0.1, 0.15) is 18.9 Å². The molecule has 120 valence electrons. The number of aliphatic carboxylic acids is 1. The fourth-order valence-corrected chi connectivity index (χ4v) is 3.45. The molecule has 2 rings (SSSR count). The highest BCUT2D eigenvalue weighted by Gasteiger charge is 2.39. The molecule has 0 radical (unpaired) electrons. The molecule has 1 N–H and O–H groups in total. The maximum Gasteiger partial charge on any atom is 0.326 e. The zero-order chi connectivity index (χ0) is 17.1. The summed E-state index contributed by atoms with van der Waals surface area (Å²) in [5.41, 5.74) is 0.384. The number of carbonyl (C=O) groups is 2. The molecular formula is C14H12N2O5S2. The third kappa shape index (κ3) is 3.57. The number of hydrogen-bond donors (Lipinski definition) is 1. The predicted molar refractivity (Wildman–Crippen MR) is 89.8 cm³/mol. The molecule has 0 saturated carbocycles. The van der Waals surface area contributed by atoms with Crippen molar-refractivity contribution in [3.8, 4) is 0 Å². The Bertz CT molecular complexity index is 732. The lowest BCUT2D eigenvalue weighted by Crippen LogP contribution is -2.43. The van der Waals surface area contributed by atoms with Crippen molar-refractivity contribution in [1.29, 1.82) is 0 Å². The van der Waals surface area contributed by atoms with E-state index in [0.29, 0.717) is 5.56 Å². The van der Waals surface area contributed by atoms with Crippen molar-refractivity contribution >= 4 is 51.9 Å². The Balaban J connectivity index is 2.33. The van der Waals surface area contributed by atoms with Gasteiger partial charge in [-0.15, -0.1) is 0 Å². The zero-order valence-corrected chi connectivity index (χ0v) is 13.6. The molecule has 23 heavy (non-hydrogen) atoms. The van der Waals surface area contributed by atoms with Crippen LogP contribution < -0.4 is 0 Å². The fourth-order valence-electron chi connectivity index (χ4n) is 2.10. The molecule has 0 aromatic heterocycles. The van der Waals surface area contributed by atoms with Crippen molar-refractivity contribution in [3.05, 3.63) is 44.8 Å². The number of non-ortho nitro benzene ring substituents is 1. The van der Waals surface area contributed by atoms with Crippen LogP contribution in [0.25, 0.3) is 6.08 Å². The van der Waals surface area contributed by atoms with Gasteiger partial charge in [-0.3, -0.25) is 19.8 Å². The molecule has 0 aliphatic carbocycles. The Morgan fingerprint density at radius 3 is 2.83 bits per heavy atom. The van der Waals surface area contributed by atoms with Crippen molar-refractivity contribution in [2.45, 2.75) is 19.4 Å². The number of amides is 1. The topological polar surface area (TPSA) is 101 Å². The van der Waals surface area contributed by atoms with E-state index >= 15 is 0 Å². The van der Waals surface area contributed by atoms with Gasteiger partial charge in [0.2, 0.25) is 0 Å². The van der Waals surface area contributed by atoms with Crippen LogP contribution in [0.2, 0.25) is 0 Å². The highest BCUT2D eigenvalue weighted by atomic mass is 32.2. The largest absolute Gasteiger partial charge is 0.480 e. The zero-order valence-electron chi connectivity index (χ0n) is 12.0. The van der Waals surface area contributed by atoms with E-state index in [9.17, 15) is 24.8 Å². The molecule has 1 aromatic carbocycles. The molecule has 1 aromatic rings. The molecule has 1 amide bonds. The van der Waals surface area contributed by atoms with Crippen molar-refractivity contribution in [3.63, 3.8) is 0 Å². The van der Waals surface area contributed by atoms with E-state index in [-0.39, 0.29) is 21.3 Å². The van der Waals surface area contributed by atoms with E-state index in [2.05, 4.69) is 0 Å². The Morgan fingerprint density at radius 2 is 2.26 bits per heavy atom. The summed E-state index contributed by atoms with van der Waals surface area (Å²) in [6.45, 7) is 1.65. The second-order valence-electron chi connectivity index (χ2n) is 4.67. The van der Waals surface area contributed by atoms with Crippen molar-refractivity contribution in [1.82, 2.24) is 4.90 Å². The summed E-state index contributed by atoms with van der Waals surface area (Å²) in [6.07, 6.45) is 1.70. The molecule has 0 spiro atoms. The first-order valence-electron chi connectivity index (χ1n) is 6.59. The van der Waals surface area contributed by atoms with Gasteiger partial charge in [-0.25, -0.2) is 4.79 Å². The molecule has 1 aliphatic rings. The molecule has 1 aliphatic heterocycles. The number of nitro groups is 1. The van der Waals surface area contributed by atoms with Gasteiger partial charge in [0.1, 0.15) is 10.4 Å². The van der Waals surface area contributed by atoms with Gasteiger partial charge >= 0.3 is 5.97 Å². The minimum Gasteiger partial charge on any atom is -0.480 e. The summed E-state index contributed by atoms with van der Waals surface area (Å²) in [5, 5.41) is 20.0. The van der Waals surface area contributed by atoms with E-state index in [0.717, 1.165) is 16.7 Å². The summed E-state index contributed by atoms with van der Waals surface area (Å²) in [7, 11) is 0. The number of benzene rings is 1. The minimum absolute atomic E-state index is 0.0915. The molecule has 1 atom stereocenters. The highest BCUT2D eigenvalue weighted by molar-refractivity contribution is 8.26. The fraction of sp³-hybridized carbons (Fsp3) is 0.214. The summed E-state index contributed by atoms with van der Waals surface area (Å²) in [6, 6.07) is 4.80. The predicted octanol–water partition coefficient (Wildman–Crippen LogP) is 2.66. The Hall–Kier alpha value is -2.26. The number of carboxylic acid groups (broad SMARTS) is 1. The van der Waals surface area contributed by atoms with Crippen LogP contribution in [0.4, 0.5) is 5.69 Å². The smallest absolute Gasteiger partial charge is 0.326 e. The lowest BCUT2D eigenvalue weighted by molar-refractivity contribution is -0.384. The van der Waals surface area contributed by atoms with Gasteiger partial charge in [-0.05, 0) is 18.1 Å². The van der Waals surface area contributed by atoms with Gasteiger partial charge in [0.15, 0.2) is 0 Å². The average molecular weight is 352 g/mol. The van der Waals surface area contributed by atoms with Gasteiger partial charge in [0.05, 0.1) is 9.83 Å². The molecule has 1 saturated heterocycles. The molecule has 0 bridgehead atoms. The van der Waals surface area contributed by atoms with Crippen molar-refractivity contribution in [2.24, 2.45) is 0 Å². The van der Waals surface area contributed by atoms with Crippen LogP contribution in [-0.4, -0.2) is 37.2 Å². The molecule has 1 heterocycles. The van der Waals surface area contributed by atoms with E-state index in [1.54, 1.807) is 13.0 Å². The summed E-state index contributed by atoms with van der Waals surface area (Å²) < 4.78 is 0.168. The van der Waals surface area contributed by atoms with Crippen LogP contribution in [0, 0.1) is 10.1 Å². The molecular weight excluding hydrogens is 340 g/mol. The number of nitro benzene ring substituents is 1. The number of carboxylic acids is 1. The quantitative estimate of drug-likeness (QED) is 0.376. The number of thioether (sulfide) groups is 1. The number of thiocarbonyl (C=S) groups is 1. The Kier molecular flexibility index (Phi) is 5.12. The van der Waals surface area contributed by atoms with E-state index in [4.69, 9.17) is 12.2 Å². The van der Waals surface area contributed by atoms with Gasteiger partial charge in [0.25, 0.3) is 11.6 Å². The average Bonchev–Trinajstić information content (AvgIpc) is 2.76. The van der Waals surface area contributed by atoms with E-state index in [1.165, 1.54) is 24.3 Å². The lowest BCUT2D eigenvalue weighted by atomic mass is 10.1. The van der Waals surface area contributed by atoms with Gasteiger partial charge < -0.3 is 5.11 Å². The van der Waals surface area contributed by atoms with Crippen LogP contribution in [-0.2, 0) is 9.59 Å². The molecule has 1 unspecified atom stereocenters. The first-order valence-corrected chi connectivity index (χ1v) is 7.82. The van der Waals surface area contributed by atoms with Crippen LogP contribution in [0.15, 0.2) is 29.2 Å². The lowest BCUT2D eigenvalue weighted by Gasteiger charge is -2.21. The maximum atomic E-state index is 12.4. The number of hydrogen-bond acceptors (Lipinski definition) is 6. The van der Waals surface area contributed by atoms with E-state index < -0.39 is 22.8 Å². The van der Waals surface area contributed by atoms with E-state index in [1.807, 2.05) is 0 Å². The highest BCUT2D eigenvalue weighted by Crippen LogP contribution is 2.34. The first-order chi connectivity index (χ1) is 10.8. The Labute approximate surface area is 141 Å². The van der Waals surface area contributed by atoms with Gasteiger partial charge in [0, 0.05) is 12.1 Å². The first kappa shape index (κ1) is 17.1. The van der Waals surface area contributed by atoms with Crippen molar-refractivity contribution in [2.75, 3.05) is 0 Å². The van der Waals surface area contributed by atoms with Crippen LogP contribution >= 0.6 is 24.0 Å². The Morgan fingerprint density at radius 1 is 1.57 bits per heavy atom. The second-order valence-corrected chi connectivity index (χ2v) is 6.34. The number of rotatable bonds is 5. The molecule has 7 nitrogen and oxygen atoms in total. The SMILES string of the molecule is CCC(C(=O)O)N1C(=O)/C(=C/c2cccc([N+](=O)[O-])c2)SC1=S. The number of carbonyl (C=O) groups excluding carboxylic acids is 1. The van der Waals surface area contributed by atoms with Gasteiger partial charge in [-0.1, -0.05) is 43.0 Å². The van der Waals surface area contributed by atoms with Gasteiger partial charge in [-0.2, -0.15) is 0 Å². The standard InChI is InChI=1S/C14H12N2O5S2/c1-2-10(13(18)19)15-12(17)11(23-14(15)22)7-8-4-3-5-9(6-8)16(20)21/h3-7,10H,2H2,1H3,(H,18,19)/b11-7-. The molecule has 9 heteroatoms. The van der Waals surface area contributed by atoms with Crippen LogP contribution in [0.3, 0.4) is 0 Å². The maximum absolute atomic E-state index is 12.4. The third-order valence-electron chi connectivity index (χ3n) is 3.19. The van der Waals surface area contributed by atoms with Crippen molar-refractivity contribution < 1.29 is 19.6 Å². The summed E-state index contributed by atoms with van der Waals surface area (Å²) in [4.78, 5) is 35.2. The number of nitrogens with zero attached hydrogens (tertiary/aromatic N) is 2. The normalized spacial score (nSPS) is 17.6. The monoisotopic (exact) mass is 352 g/mol. The minimum atomic E-state index is -1.12. The third-order valence-corrected chi connectivity index (χ3v) is 4.52. The second kappa shape index (κ2) is 6.88. The molecule has 1 fully saturated rings.